The summed E-state index contributed by atoms with van der Waals surface area (Å²) in [5, 5.41) is 34.3. The molecule has 0 aliphatic rings. The molecule has 5 N–H and O–H groups in total. The number of nitrogens with zero attached hydrogens (tertiary/aromatic N) is 2. The molecule has 0 spiro atoms. The molecule has 1 aromatic rings. The molecule has 2 amide bonds. The van der Waals surface area contributed by atoms with Crippen molar-refractivity contribution in [3.05, 3.63) is 35.4 Å². The molecular weight excluding hydrogens is 336 g/mol. The third-order valence-corrected chi connectivity index (χ3v) is 3.16. The molecule has 1 rings (SSSR count). The highest BCUT2D eigenvalue weighted by Gasteiger charge is 2.05. The summed E-state index contributed by atoms with van der Waals surface area (Å²) in [6.07, 6.45) is 0.990. The first-order valence-electron chi connectivity index (χ1n) is 8.04. The summed E-state index contributed by atoms with van der Waals surface area (Å²) in [6, 6.07) is 7.14. The third-order valence-electron chi connectivity index (χ3n) is 3.16. The van der Waals surface area contributed by atoms with Gasteiger partial charge in [-0.25, -0.2) is 0 Å². The van der Waals surface area contributed by atoms with Gasteiger partial charge in [-0.2, -0.15) is 5.11 Å². The minimum Gasteiger partial charge on any atom is -0.395 e. The Bertz CT molecular complexity index is 601. The van der Waals surface area contributed by atoms with Crippen LogP contribution in [-0.2, 0) is 16.1 Å². The summed E-state index contributed by atoms with van der Waals surface area (Å²) in [5.41, 5.74) is 1.57. The van der Waals surface area contributed by atoms with Crippen molar-refractivity contribution < 1.29 is 14.7 Å². The number of hydrogen-bond acceptors (Lipinski definition) is 6. The van der Waals surface area contributed by atoms with E-state index in [-0.39, 0.29) is 43.6 Å². The van der Waals surface area contributed by atoms with Crippen molar-refractivity contribution in [1.82, 2.24) is 10.6 Å². The molecule has 0 aromatic heterocycles. The topological polar surface area (TPSA) is 151 Å². The van der Waals surface area contributed by atoms with Crippen molar-refractivity contribution in [2.75, 3.05) is 20.2 Å². The molecule has 0 aliphatic heterocycles. The average molecular weight is 362 g/mol. The Kier molecular flexibility index (Phi) is 12.8. The molecule has 26 heavy (non-hydrogen) atoms. The predicted molar refractivity (Wildman–Crippen MR) is 99.7 cm³/mol. The Hall–Kier alpha value is -2.94. The third kappa shape index (κ3) is 10.0. The lowest BCUT2D eigenvalue weighted by atomic mass is 10.1. The largest absolute Gasteiger partial charge is 0.395 e. The quantitative estimate of drug-likeness (QED) is 0.255. The molecule has 9 nitrogen and oxygen atoms in total. The van der Waals surface area contributed by atoms with Crippen LogP contribution < -0.4 is 10.6 Å². The number of aliphatic hydroxyl groups is 1. The van der Waals surface area contributed by atoms with Crippen molar-refractivity contribution >= 4 is 24.4 Å². The van der Waals surface area contributed by atoms with Crippen molar-refractivity contribution in [2.45, 2.75) is 25.8 Å². The van der Waals surface area contributed by atoms with E-state index in [9.17, 15) is 9.59 Å². The van der Waals surface area contributed by atoms with Crippen LogP contribution in [0, 0.1) is 10.8 Å². The van der Waals surface area contributed by atoms with E-state index in [1.807, 2.05) is 12.1 Å². The number of nitrogens with one attached hydrogen (secondary N) is 4. The number of rotatable bonds is 9. The molecule has 142 valence electrons. The number of carbonyl (C=O) groups excluding carboxylic acids is 2. The fourth-order valence-corrected chi connectivity index (χ4v) is 1.92. The Labute approximate surface area is 152 Å². The van der Waals surface area contributed by atoms with Gasteiger partial charge < -0.3 is 21.1 Å². The number of carbonyl (C=O) groups is 2. The molecule has 9 heteroatoms. The second kappa shape index (κ2) is 14.4. The summed E-state index contributed by atoms with van der Waals surface area (Å²) in [7, 11) is 1.51. The van der Waals surface area contributed by atoms with Crippen LogP contribution in [0.1, 0.15) is 30.4 Å². The summed E-state index contributed by atoms with van der Waals surface area (Å²) in [5.74, 6) is -0.201. The Morgan fingerprint density at radius 1 is 1.12 bits per heavy atom. The van der Waals surface area contributed by atoms with Gasteiger partial charge in [0.1, 0.15) is 0 Å². The summed E-state index contributed by atoms with van der Waals surface area (Å²) in [6.45, 7) is 3.03. The van der Waals surface area contributed by atoms with E-state index in [1.165, 1.54) is 7.05 Å². The number of azo groups is 1. The van der Waals surface area contributed by atoms with Crippen LogP contribution in [0.25, 0.3) is 0 Å². The number of amides is 2. The van der Waals surface area contributed by atoms with Crippen LogP contribution in [0.3, 0.4) is 0 Å². The Morgan fingerprint density at radius 3 is 2.23 bits per heavy atom. The Morgan fingerprint density at radius 2 is 1.69 bits per heavy atom. The first-order valence-corrected chi connectivity index (χ1v) is 8.04. The highest BCUT2D eigenvalue weighted by Crippen LogP contribution is 2.06. The lowest BCUT2D eigenvalue weighted by molar-refractivity contribution is -0.122. The van der Waals surface area contributed by atoms with Crippen molar-refractivity contribution in [3.8, 4) is 0 Å². The maximum Gasteiger partial charge on any atom is 0.220 e. The number of aliphatic hydroxyl groups excluding tert-OH is 1. The molecule has 0 unspecified atom stereocenters. The summed E-state index contributed by atoms with van der Waals surface area (Å²) in [4.78, 5) is 23.0. The molecule has 0 atom stereocenters. The zero-order valence-corrected chi connectivity index (χ0v) is 14.9. The van der Waals surface area contributed by atoms with E-state index in [4.69, 9.17) is 15.9 Å². The van der Waals surface area contributed by atoms with Gasteiger partial charge in [-0.1, -0.05) is 24.3 Å². The standard InChI is InChI=1S/C16H23N5O3.CH3N/c1-18-21-16(17)13-7-5-12(6-8-13)11-20-15(24)4-2-3-14(23)19-9-10-22;1-2/h5-8,17,22H,2-4,9-11H2,1H3,(H,19,23)(H,20,24);2H,1H2. The van der Waals surface area contributed by atoms with Crippen molar-refractivity contribution in [1.29, 1.82) is 10.8 Å². The van der Waals surface area contributed by atoms with Gasteiger partial charge in [-0.3, -0.25) is 15.0 Å². The molecule has 0 aliphatic carbocycles. The van der Waals surface area contributed by atoms with Gasteiger partial charge in [0, 0.05) is 38.5 Å². The fourth-order valence-electron chi connectivity index (χ4n) is 1.92. The number of benzene rings is 1. The van der Waals surface area contributed by atoms with Gasteiger partial charge in [0.2, 0.25) is 11.8 Å². The zero-order valence-electron chi connectivity index (χ0n) is 14.9. The molecule has 0 saturated heterocycles. The van der Waals surface area contributed by atoms with E-state index >= 15 is 0 Å². The van der Waals surface area contributed by atoms with E-state index in [1.54, 1.807) is 12.1 Å². The second-order valence-electron chi connectivity index (χ2n) is 5.05. The maximum atomic E-state index is 11.7. The lowest BCUT2D eigenvalue weighted by Crippen LogP contribution is -2.27. The molecule has 1 aromatic carbocycles. The summed E-state index contributed by atoms with van der Waals surface area (Å²) < 4.78 is 0. The van der Waals surface area contributed by atoms with Gasteiger partial charge in [-0.15, -0.1) is 5.11 Å². The zero-order chi connectivity index (χ0) is 19.8. The molecule has 0 saturated carbocycles. The van der Waals surface area contributed by atoms with Crippen LogP contribution in [0.4, 0.5) is 0 Å². The monoisotopic (exact) mass is 362 g/mol. The molecule has 0 fully saturated rings. The first kappa shape index (κ1) is 23.1. The first-order chi connectivity index (χ1) is 12.6. The highest BCUT2D eigenvalue weighted by atomic mass is 16.3. The average Bonchev–Trinajstić information content (AvgIpc) is 2.67. The van der Waals surface area contributed by atoms with Crippen LogP contribution in [0.15, 0.2) is 34.5 Å². The van der Waals surface area contributed by atoms with Crippen molar-refractivity contribution in [2.24, 2.45) is 10.2 Å². The van der Waals surface area contributed by atoms with E-state index in [0.29, 0.717) is 18.5 Å². The van der Waals surface area contributed by atoms with Gasteiger partial charge in [-0.05, 0) is 18.7 Å². The lowest BCUT2D eigenvalue weighted by Gasteiger charge is -2.06. The molecule has 0 radical (unpaired) electrons. The van der Waals surface area contributed by atoms with Crippen molar-refractivity contribution in [3.63, 3.8) is 0 Å². The summed E-state index contributed by atoms with van der Waals surface area (Å²) >= 11 is 0. The van der Waals surface area contributed by atoms with Crippen LogP contribution >= 0.6 is 0 Å². The van der Waals surface area contributed by atoms with Crippen LogP contribution in [0.2, 0.25) is 0 Å². The van der Waals surface area contributed by atoms with E-state index in [0.717, 1.165) is 5.56 Å². The number of hydrogen-bond donors (Lipinski definition) is 5. The Balaban J connectivity index is 0.00000301. The van der Waals surface area contributed by atoms with E-state index < -0.39 is 0 Å². The minimum atomic E-state index is -0.167. The highest BCUT2D eigenvalue weighted by molar-refractivity contribution is 5.96. The molecule has 0 heterocycles. The SMILES string of the molecule is C=N.CN=NC(=N)c1ccc(CNC(=O)CCCC(=O)NCCO)cc1. The fraction of sp³-hybridized carbons (Fsp3) is 0.412. The molecule has 0 bridgehead atoms. The second-order valence-corrected chi connectivity index (χ2v) is 5.05. The number of amidine groups is 1. The van der Waals surface area contributed by atoms with Gasteiger partial charge in [0.25, 0.3) is 0 Å². The van der Waals surface area contributed by atoms with Gasteiger partial charge in [0.05, 0.1) is 6.61 Å². The predicted octanol–water partition coefficient (Wildman–Crippen LogP) is 1.25. The van der Waals surface area contributed by atoms with Gasteiger partial charge >= 0.3 is 0 Å². The molecular formula is C17H26N6O3. The maximum absolute atomic E-state index is 11.7. The van der Waals surface area contributed by atoms with Gasteiger partial charge in [0.15, 0.2) is 5.84 Å². The van der Waals surface area contributed by atoms with Crippen LogP contribution in [-0.4, -0.2) is 49.7 Å². The smallest absolute Gasteiger partial charge is 0.220 e. The van der Waals surface area contributed by atoms with Crippen LogP contribution in [0.5, 0.6) is 0 Å². The normalized spacial score (nSPS) is 9.92. The minimum absolute atomic E-state index is 0.0903. The van der Waals surface area contributed by atoms with E-state index in [2.05, 4.69) is 27.6 Å².